The molecule has 0 aliphatic heterocycles. The number of carbonyl (C=O) groups excluding carboxylic acids is 1. The normalized spacial score (nSPS) is 10.0. The van der Waals surface area contributed by atoms with Crippen LogP contribution >= 0.6 is 0 Å². The average molecular weight is 345 g/mol. The number of ether oxygens (including phenoxy) is 1. The Labute approximate surface area is 152 Å². The molecule has 0 atom stereocenters. The summed E-state index contributed by atoms with van der Waals surface area (Å²) in [7, 11) is 0. The van der Waals surface area contributed by atoms with Gasteiger partial charge < -0.3 is 15.4 Å². The minimum absolute atomic E-state index is 0.260. The molecule has 130 valence electrons. The first kappa shape index (κ1) is 17.2. The smallest absolute Gasteiger partial charge is 0.257 e. The third-order valence-corrected chi connectivity index (χ3v) is 3.56. The van der Waals surface area contributed by atoms with E-state index in [0.717, 1.165) is 5.69 Å². The summed E-state index contributed by atoms with van der Waals surface area (Å²) < 4.78 is 5.87. The molecule has 1 heterocycles. The number of hydrogen-bond acceptors (Lipinski definition) is 4. The number of benzene rings is 2. The van der Waals surface area contributed by atoms with Gasteiger partial charge in [0.1, 0.15) is 5.75 Å². The van der Waals surface area contributed by atoms with E-state index in [-0.39, 0.29) is 5.91 Å². The van der Waals surface area contributed by atoms with E-state index >= 15 is 0 Å². The van der Waals surface area contributed by atoms with Crippen molar-refractivity contribution < 1.29 is 9.53 Å². The maximum absolute atomic E-state index is 12.6. The third kappa shape index (κ3) is 4.48. The Kier molecular flexibility index (Phi) is 5.62. The highest BCUT2D eigenvalue weighted by Gasteiger charge is 2.11. The lowest BCUT2D eigenvalue weighted by atomic mass is 10.2. The highest BCUT2D eigenvalue weighted by Crippen LogP contribution is 2.29. The van der Waals surface area contributed by atoms with Crippen LogP contribution in [0.25, 0.3) is 0 Å². The fourth-order valence-electron chi connectivity index (χ4n) is 2.32. The molecule has 26 heavy (non-hydrogen) atoms. The van der Waals surface area contributed by atoms with E-state index in [1.54, 1.807) is 24.4 Å². The SMILES string of the molecule is C=CCNc1cncc(C(=O)Nc2ccccc2Oc2ccccc2)c1. The van der Waals surface area contributed by atoms with Crippen LogP contribution in [0.15, 0.2) is 85.7 Å². The van der Waals surface area contributed by atoms with Crippen molar-refractivity contribution in [3.05, 3.63) is 91.3 Å². The lowest BCUT2D eigenvalue weighted by molar-refractivity contribution is 0.102. The molecule has 2 aromatic carbocycles. The number of para-hydroxylation sites is 3. The molecule has 0 fully saturated rings. The zero-order chi connectivity index (χ0) is 18.2. The first-order valence-electron chi connectivity index (χ1n) is 8.19. The van der Waals surface area contributed by atoms with Gasteiger partial charge in [-0.1, -0.05) is 36.4 Å². The molecule has 0 spiro atoms. The van der Waals surface area contributed by atoms with Gasteiger partial charge in [0.2, 0.25) is 0 Å². The van der Waals surface area contributed by atoms with Crippen LogP contribution in [0.5, 0.6) is 11.5 Å². The van der Waals surface area contributed by atoms with Crippen molar-refractivity contribution in [1.29, 1.82) is 0 Å². The Morgan fingerprint density at radius 2 is 1.85 bits per heavy atom. The van der Waals surface area contributed by atoms with Gasteiger partial charge in [0.25, 0.3) is 5.91 Å². The van der Waals surface area contributed by atoms with Crippen molar-refractivity contribution in [3.8, 4) is 11.5 Å². The first-order chi connectivity index (χ1) is 12.8. The van der Waals surface area contributed by atoms with Crippen LogP contribution in [0, 0.1) is 0 Å². The minimum atomic E-state index is -0.260. The molecule has 1 aromatic heterocycles. The molecule has 0 aliphatic carbocycles. The zero-order valence-electron chi connectivity index (χ0n) is 14.2. The van der Waals surface area contributed by atoms with Gasteiger partial charge in [-0.25, -0.2) is 0 Å². The number of carbonyl (C=O) groups is 1. The highest BCUT2D eigenvalue weighted by atomic mass is 16.5. The second kappa shape index (κ2) is 8.48. The van der Waals surface area contributed by atoms with Crippen LogP contribution in [0.4, 0.5) is 11.4 Å². The molecule has 0 saturated heterocycles. The van der Waals surface area contributed by atoms with Gasteiger partial charge in [0, 0.05) is 18.9 Å². The number of nitrogens with zero attached hydrogens (tertiary/aromatic N) is 1. The molecule has 0 unspecified atom stereocenters. The molecule has 3 rings (SSSR count). The van der Waals surface area contributed by atoms with Gasteiger partial charge in [-0.05, 0) is 30.3 Å². The number of amides is 1. The van der Waals surface area contributed by atoms with Crippen molar-refractivity contribution in [3.63, 3.8) is 0 Å². The van der Waals surface area contributed by atoms with E-state index in [9.17, 15) is 4.79 Å². The zero-order valence-corrected chi connectivity index (χ0v) is 14.2. The summed E-state index contributed by atoms with van der Waals surface area (Å²) in [4.78, 5) is 16.7. The molecule has 2 N–H and O–H groups in total. The maximum Gasteiger partial charge on any atom is 0.257 e. The summed E-state index contributed by atoms with van der Waals surface area (Å²) in [6.07, 6.45) is 4.92. The van der Waals surface area contributed by atoms with Crippen molar-refractivity contribution >= 4 is 17.3 Å². The Balaban J connectivity index is 1.76. The Hall–Kier alpha value is -3.60. The summed E-state index contributed by atoms with van der Waals surface area (Å²) in [6.45, 7) is 4.25. The standard InChI is InChI=1S/C21H19N3O2/c1-2-12-23-17-13-16(14-22-15-17)21(25)24-19-10-6-7-11-20(19)26-18-8-4-3-5-9-18/h2-11,13-15,23H,1,12H2,(H,24,25). The summed E-state index contributed by atoms with van der Waals surface area (Å²) in [6, 6.07) is 18.5. The molecule has 0 radical (unpaired) electrons. The predicted octanol–water partition coefficient (Wildman–Crippen LogP) is 4.72. The van der Waals surface area contributed by atoms with E-state index in [0.29, 0.717) is 29.3 Å². The summed E-state index contributed by atoms with van der Waals surface area (Å²) in [5.74, 6) is 1.01. The van der Waals surface area contributed by atoms with E-state index in [2.05, 4.69) is 22.2 Å². The molecule has 3 aromatic rings. The third-order valence-electron chi connectivity index (χ3n) is 3.56. The minimum Gasteiger partial charge on any atom is -0.455 e. The lowest BCUT2D eigenvalue weighted by Crippen LogP contribution is -2.13. The number of aromatic nitrogens is 1. The largest absolute Gasteiger partial charge is 0.455 e. The highest BCUT2D eigenvalue weighted by molar-refractivity contribution is 6.05. The molecular formula is C21H19N3O2. The molecule has 5 heteroatoms. The van der Waals surface area contributed by atoms with Gasteiger partial charge in [-0.15, -0.1) is 6.58 Å². The molecule has 0 saturated carbocycles. The van der Waals surface area contributed by atoms with Crippen molar-refractivity contribution in [2.75, 3.05) is 17.2 Å². The van der Waals surface area contributed by atoms with Crippen LogP contribution < -0.4 is 15.4 Å². The van der Waals surface area contributed by atoms with Gasteiger partial charge >= 0.3 is 0 Å². The Bertz CT molecular complexity index is 895. The second-order valence-electron chi connectivity index (χ2n) is 5.50. The molecule has 5 nitrogen and oxygen atoms in total. The fourth-order valence-corrected chi connectivity index (χ4v) is 2.32. The van der Waals surface area contributed by atoms with Crippen molar-refractivity contribution in [2.24, 2.45) is 0 Å². The van der Waals surface area contributed by atoms with E-state index in [1.165, 1.54) is 6.20 Å². The number of hydrogen-bond donors (Lipinski definition) is 2. The van der Waals surface area contributed by atoms with Gasteiger partial charge in [-0.3, -0.25) is 9.78 Å². The lowest BCUT2D eigenvalue weighted by Gasteiger charge is -2.12. The van der Waals surface area contributed by atoms with E-state index in [1.807, 2.05) is 48.5 Å². The average Bonchev–Trinajstić information content (AvgIpc) is 2.69. The molecule has 0 aliphatic rings. The van der Waals surface area contributed by atoms with Crippen molar-refractivity contribution in [1.82, 2.24) is 4.98 Å². The van der Waals surface area contributed by atoms with Gasteiger partial charge in [0.05, 0.1) is 16.9 Å². The number of pyridine rings is 1. The molecule has 1 amide bonds. The number of nitrogens with one attached hydrogen (secondary N) is 2. The fraction of sp³-hybridized carbons (Fsp3) is 0.0476. The van der Waals surface area contributed by atoms with Crippen LogP contribution in [-0.2, 0) is 0 Å². The summed E-state index contributed by atoms with van der Waals surface area (Å²) in [5, 5.41) is 5.99. The summed E-state index contributed by atoms with van der Waals surface area (Å²) in [5.41, 5.74) is 1.80. The Morgan fingerprint density at radius 1 is 1.08 bits per heavy atom. The molecular weight excluding hydrogens is 326 g/mol. The van der Waals surface area contributed by atoms with Gasteiger partial charge in [0.15, 0.2) is 5.75 Å². The van der Waals surface area contributed by atoms with Crippen LogP contribution in [0.2, 0.25) is 0 Å². The van der Waals surface area contributed by atoms with Crippen LogP contribution in [0.1, 0.15) is 10.4 Å². The monoisotopic (exact) mass is 345 g/mol. The van der Waals surface area contributed by atoms with Crippen LogP contribution in [-0.4, -0.2) is 17.4 Å². The topological polar surface area (TPSA) is 63.2 Å². The summed E-state index contributed by atoms with van der Waals surface area (Å²) >= 11 is 0. The van der Waals surface area contributed by atoms with Crippen molar-refractivity contribution in [2.45, 2.75) is 0 Å². The molecule has 0 bridgehead atoms. The quantitative estimate of drug-likeness (QED) is 0.608. The number of rotatable bonds is 7. The Morgan fingerprint density at radius 3 is 2.65 bits per heavy atom. The predicted molar refractivity (Wildman–Crippen MR) is 104 cm³/mol. The first-order valence-corrected chi connectivity index (χ1v) is 8.19. The van der Waals surface area contributed by atoms with Crippen LogP contribution in [0.3, 0.4) is 0 Å². The second-order valence-corrected chi connectivity index (χ2v) is 5.50. The van der Waals surface area contributed by atoms with E-state index in [4.69, 9.17) is 4.74 Å². The maximum atomic E-state index is 12.6. The number of anilines is 2. The van der Waals surface area contributed by atoms with Gasteiger partial charge in [-0.2, -0.15) is 0 Å². The van der Waals surface area contributed by atoms with E-state index < -0.39 is 0 Å².